The Bertz CT molecular complexity index is 850. The molecule has 2 heterocycles. The topological polar surface area (TPSA) is 36.1 Å². The second kappa shape index (κ2) is 6.11. The Kier molecular flexibility index (Phi) is 3.99. The van der Waals surface area contributed by atoms with Gasteiger partial charge in [0.25, 0.3) is 0 Å². The number of fused-ring (bicyclic) bond motifs is 5. The van der Waals surface area contributed by atoms with Crippen LogP contribution >= 0.6 is 0 Å². The van der Waals surface area contributed by atoms with Crippen molar-refractivity contribution in [1.29, 1.82) is 0 Å². The van der Waals surface area contributed by atoms with E-state index in [0.717, 1.165) is 18.3 Å². The zero-order valence-electron chi connectivity index (χ0n) is 17.8. The molecule has 0 spiro atoms. The number of carbonyl (C=O) groups excluding carboxylic acids is 1. The van der Waals surface area contributed by atoms with E-state index in [1.165, 1.54) is 48.9 Å². The van der Waals surface area contributed by atoms with Crippen molar-refractivity contribution in [2.24, 2.45) is 28.6 Å². The van der Waals surface area contributed by atoms with Gasteiger partial charge in [0.1, 0.15) is 0 Å². The van der Waals surface area contributed by atoms with Gasteiger partial charge in [-0.2, -0.15) is 0 Å². The van der Waals surface area contributed by atoms with Crippen LogP contribution in [0.2, 0.25) is 0 Å². The van der Waals surface area contributed by atoms with Crippen molar-refractivity contribution < 1.29 is 4.79 Å². The Hall–Kier alpha value is -1.77. The standard InChI is InChI=1S/C25H34N2O/c1-16(21-8-6-14-26-21)17-15-18-19-7-5-11-24(19,2)12-9-20(18)25(3)13-10-22(28)27(4)23(17)25/h6,8,10,13-14,18-20,23,26H,5,7,9,11-12,15H2,1-4H3/t18-,19-,20-,23+,24-,25+/m0/s1. The van der Waals surface area contributed by atoms with E-state index in [4.69, 9.17) is 0 Å². The minimum atomic E-state index is 0.0404. The van der Waals surface area contributed by atoms with Gasteiger partial charge in [-0.3, -0.25) is 4.79 Å². The van der Waals surface area contributed by atoms with Crippen LogP contribution in [0.25, 0.3) is 5.57 Å². The van der Waals surface area contributed by atoms with Crippen molar-refractivity contribution in [1.82, 2.24) is 9.88 Å². The van der Waals surface area contributed by atoms with E-state index in [9.17, 15) is 4.79 Å². The van der Waals surface area contributed by atoms with Crippen molar-refractivity contribution in [3.05, 3.63) is 41.7 Å². The van der Waals surface area contributed by atoms with Crippen LogP contribution in [-0.2, 0) is 4.79 Å². The number of nitrogens with one attached hydrogen (secondary N) is 1. The van der Waals surface area contributed by atoms with Gasteiger partial charge in [0.2, 0.25) is 5.91 Å². The summed E-state index contributed by atoms with van der Waals surface area (Å²) in [6.07, 6.45) is 14.2. The molecule has 1 aromatic rings. The maximum Gasteiger partial charge on any atom is 0.246 e. The molecule has 3 saturated carbocycles. The second-order valence-electron chi connectivity index (χ2n) is 10.5. The highest BCUT2D eigenvalue weighted by molar-refractivity contribution is 5.90. The number of nitrogens with zero attached hydrogens (tertiary/aromatic N) is 1. The Balaban J connectivity index is 1.67. The molecule has 0 bridgehead atoms. The van der Waals surface area contributed by atoms with E-state index < -0.39 is 0 Å². The van der Waals surface area contributed by atoms with Crippen molar-refractivity contribution in [3.8, 4) is 0 Å². The smallest absolute Gasteiger partial charge is 0.246 e. The summed E-state index contributed by atoms with van der Waals surface area (Å²) >= 11 is 0. The number of amides is 1. The van der Waals surface area contributed by atoms with Crippen LogP contribution in [0.4, 0.5) is 0 Å². The normalized spacial score (nSPS) is 44.1. The van der Waals surface area contributed by atoms with Gasteiger partial charge < -0.3 is 9.88 Å². The van der Waals surface area contributed by atoms with Gasteiger partial charge in [0.15, 0.2) is 0 Å². The van der Waals surface area contributed by atoms with E-state index in [-0.39, 0.29) is 17.4 Å². The number of likely N-dealkylation sites (N-methyl/N-ethyl adjacent to an activating group) is 1. The highest BCUT2D eigenvalue weighted by Gasteiger charge is 2.59. The number of aromatic nitrogens is 1. The molecule has 6 atom stereocenters. The fourth-order valence-corrected chi connectivity index (χ4v) is 7.74. The molecule has 3 fully saturated rings. The van der Waals surface area contributed by atoms with Gasteiger partial charge in [-0.1, -0.05) is 26.3 Å². The van der Waals surface area contributed by atoms with Crippen LogP contribution in [0.5, 0.6) is 0 Å². The average Bonchev–Trinajstić information content (AvgIpc) is 3.33. The van der Waals surface area contributed by atoms with Crippen LogP contribution in [0.1, 0.15) is 65.0 Å². The first-order valence-electron chi connectivity index (χ1n) is 11.1. The summed E-state index contributed by atoms with van der Waals surface area (Å²) < 4.78 is 0. The maximum absolute atomic E-state index is 12.6. The third kappa shape index (κ3) is 2.37. The zero-order valence-corrected chi connectivity index (χ0v) is 17.8. The molecule has 3 aliphatic carbocycles. The molecule has 0 saturated heterocycles. The molecule has 28 heavy (non-hydrogen) atoms. The molecule has 1 amide bonds. The van der Waals surface area contributed by atoms with Crippen LogP contribution in [0, 0.1) is 28.6 Å². The lowest BCUT2D eigenvalue weighted by Gasteiger charge is -2.60. The average molecular weight is 379 g/mol. The molecule has 1 aromatic heterocycles. The second-order valence-corrected chi connectivity index (χ2v) is 10.5. The Morgan fingerprint density at radius 1 is 1.21 bits per heavy atom. The van der Waals surface area contributed by atoms with Gasteiger partial charge in [-0.25, -0.2) is 0 Å². The van der Waals surface area contributed by atoms with Crippen molar-refractivity contribution in [2.75, 3.05) is 7.05 Å². The predicted molar refractivity (Wildman–Crippen MR) is 113 cm³/mol. The summed E-state index contributed by atoms with van der Waals surface area (Å²) in [5, 5.41) is 0. The van der Waals surface area contributed by atoms with E-state index in [1.54, 1.807) is 0 Å². The van der Waals surface area contributed by atoms with Gasteiger partial charge in [-0.05, 0) is 91.6 Å². The lowest BCUT2D eigenvalue weighted by atomic mass is 9.47. The molecule has 3 heteroatoms. The molecular formula is C25H34N2O. The summed E-state index contributed by atoms with van der Waals surface area (Å²) in [4.78, 5) is 18.1. The summed E-state index contributed by atoms with van der Waals surface area (Å²) in [7, 11) is 2.01. The minimum Gasteiger partial charge on any atom is -0.361 e. The maximum atomic E-state index is 12.6. The Labute approximate surface area is 169 Å². The van der Waals surface area contributed by atoms with E-state index in [0.29, 0.717) is 11.3 Å². The molecular weight excluding hydrogens is 344 g/mol. The number of aromatic amines is 1. The molecule has 5 rings (SSSR count). The molecule has 1 aliphatic heterocycles. The summed E-state index contributed by atoms with van der Waals surface area (Å²) in [5.41, 5.74) is 4.62. The van der Waals surface area contributed by atoms with Crippen molar-refractivity contribution in [2.45, 2.75) is 65.3 Å². The Morgan fingerprint density at radius 3 is 2.79 bits per heavy atom. The molecule has 0 unspecified atom stereocenters. The monoisotopic (exact) mass is 378 g/mol. The SMILES string of the molecule is CC(=C1C[C@H]2[C@@H]3CCC[C@@]3(C)CC[C@@H]2[C@@]2(C)C=CC(=O)N(C)[C@H]12)c1ccc[nH]1. The lowest BCUT2D eigenvalue weighted by molar-refractivity contribution is -0.133. The third-order valence-electron chi connectivity index (χ3n) is 9.20. The van der Waals surface area contributed by atoms with Crippen molar-refractivity contribution in [3.63, 3.8) is 0 Å². The number of hydrogen-bond acceptors (Lipinski definition) is 1. The van der Waals surface area contributed by atoms with Gasteiger partial charge in [-0.15, -0.1) is 0 Å². The first-order chi connectivity index (χ1) is 13.3. The summed E-state index contributed by atoms with van der Waals surface area (Å²) in [6.45, 7) is 7.26. The fraction of sp³-hybridized carbons (Fsp3) is 0.640. The molecule has 0 radical (unpaired) electrons. The molecule has 1 N–H and O–H groups in total. The minimum absolute atomic E-state index is 0.0404. The number of rotatable bonds is 1. The Morgan fingerprint density at radius 2 is 2.04 bits per heavy atom. The molecule has 4 aliphatic rings. The quantitative estimate of drug-likeness (QED) is 0.695. The van der Waals surface area contributed by atoms with Crippen molar-refractivity contribution >= 4 is 11.5 Å². The van der Waals surface area contributed by atoms with Gasteiger partial charge in [0.05, 0.1) is 6.04 Å². The molecule has 150 valence electrons. The van der Waals surface area contributed by atoms with E-state index >= 15 is 0 Å². The first kappa shape index (κ1) is 18.3. The van der Waals surface area contributed by atoms with E-state index in [1.807, 2.05) is 24.2 Å². The number of hydrogen-bond donors (Lipinski definition) is 1. The number of carbonyl (C=O) groups is 1. The van der Waals surface area contributed by atoms with Crippen LogP contribution in [-0.4, -0.2) is 28.9 Å². The van der Waals surface area contributed by atoms with Crippen LogP contribution < -0.4 is 0 Å². The fourth-order valence-electron chi connectivity index (χ4n) is 7.74. The first-order valence-corrected chi connectivity index (χ1v) is 11.1. The number of H-pyrrole nitrogens is 1. The number of allylic oxidation sites excluding steroid dienone is 1. The third-order valence-corrected chi connectivity index (χ3v) is 9.20. The highest BCUT2D eigenvalue weighted by atomic mass is 16.2. The van der Waals surface area contributed by atoms with Gasteiger partial charge in [0, 0.05) is 24.4 Å². The summed E-state index contributed by atoms with van der Waals surface area (Å²) in [5.74, 6) is 2.42. The van der Waals surface area contributed by atoms with Gasteiger partial charge >= 0.3 is 0 Å². The van der Waals surface area contributed by atoms with Crippen LogP contribution in [0.15, 0.2) is 36.1 Å². The molecule has 0 aromatic carbocycles. The lowest BCUT2D eigenvalue weighted by Crippen LogP contribution is -2.60. The molecule has 3 nitrogen and oxygen atoms in total. The van der Waals surface area contributed by atoms with E-state index in [2.05, 4.69) is 44.0 Å². The predicted octanol–water partition coefficient (Wildman–Crippen LogP) is 5.43. The largest absolute Gasteiger partial charge is 0.361 e. The summed E-state index contributed by atoms with van der Waals surface area (Å²) in [6, 6.07) is 4.43. The van der Waals surface area contributed by atoms with Crippen LogP contribution in [0.3, 0.4) is 0 Å². The zero-order chi connectivity index (χ0) is 19.7. The highest BCUT2D eigenvalue weighted by Crippen LogP contribution is 2.65.